The van der Waals surface area contributed by atoms with Crippen LogP contribution in [-0.2, 0) is 9.84 Å². The van der Waals surface area contributed by atoms with Crippen molar-refractivity contribution in [3.63, 3.8) is 0 Å². The summed E-state index contributed by atoms with van der Waals surface area (Å²) in [7, 11) is 7.79. The molecule has 0 bridgehead atoms. The quantitative estimate of drug-likeness (QED) is 0.141. The lowest BCUT2D eigenvalue weighted by molar-refractivity contribution is -0.384. The molecule has 4 aromatic carbocycles. The molecule has 0 fully saturated rings. The number of nitro groups is 1. The number of carbonyl (C=O) groups excluding carboxylic acids is 2. The van der Waals surface area contributed by atoms with Crippen LogP contribution in [0.25, 0.3) is 11.1 Å². The van der Waals surface area contributed by atoms with Crippen molar-refractivity contribution >= 4 is 50.1 Å². The third-order valence-electron chi connectivity index (χ3n) is 7.15. The number of amides is 2. The number of nitro benzene ring substituents is 1. The molecule has 4 aromatic rings. The summed E-state index contributed by atoms with van der Waals surface area (Å²) < 4.78 is 26.4. The monoisotopic (exact) mass is 631 g/mol. The van der Waals surface area contributed by atoms with Gasteiger partial charge in [-0.15, -0.1) is 0 Å². The molecule has 2 N–H and O–H groups in total. The molecule has 0 spiro atoms. The fraction of sp³-hybridized carbons (Fsp3) is 0.212. The van der Waals surface area contributed by atoms with Crippen LogP contribution >= 0.6 is 0 Å². The first-order valence-corrected chi connectivity index (χ1v) is 15.8. The van der Waals surface area contributed by atoms with E-state index in [1.807, 2.05) is 54.4 Å². The second kappa shape index (κ2) is 12.2. The van der Waals surface area contributed by atoms with Gasteiger partial charge in [0.15, 0.2) is 9.84 Å². The second-order valence-electron chi connectivity index (χ2n) is 12.5. The van der Waals surface area contributed by atoms with Crippen molar-refractivity contribution in [2.75, 3.05) is 59.2 Å². The van der Waals surface area contributed by atoms with Crippen LogP contribution in [0.4, 0.5) is 28.4 Å². The molecule has 0 aliphatic rings. The molecule has 4 rings (SSSR count). The molecule has 0 aromatic heterocycles. The maximum absolute atomic E-state index is 13.0. The van der Waals surface area contributed by atoms with Crippen molar-refractivity contribution < 1.29 is 22.9 Å². The Morgan fingerprint density at radius 3 is 1.76 bits per heavy atom. The topological polar surface area (TPSA) is 135 Å². The molecule has 0 aliphatic heterocycles. The van der Waals surface area contributed by atoms with Gasteiger partial charge in [0, 0.05) is 58.6 Å². The van der Waals surface area contributed by atoms with Gasteiger partial charge in [0.25, 0.3) is 11.8 Å². The van der Waals surface area contributed by atoms with Crippen LogP contribution in [-0.4, -0.2) is 73.7 Å². The van der Waals surface area contributed by atoms with E-state index in [2.05, 4.69) is 10.6 Å². The normalized spacial score (nSPS) is 12.0. The lowest BCUT2D eigenvalue weighted by atomic mass is 10.0. The van der Waals surface area contributed by atoms with Crippen molar-refractivity contribution in [1.29, 1.82) is 0 Å². The number of nitrogens with one attached hydrogen (secondary N) is 2. The van der Waals surface area contributed by atoms with Gasteiger partial charge in [-0.1, -0.05) is 18.2 Å². The van der Waals surface area contributed by atoms with Crippen LogP contribution in [0.3, 0.4) is 0 Å². The second-order valence-corrected chi connectivity index (χ2v) is 14.5. The first kappa shape index (κ1) is 33.0. The van der Waals surface area contributed by atoms with E-state index in [0.29, 0.717) is 27.0 Å². The van der Waals surface area contributed by atoms with Crippen molar-refractivity contribution in [3.05, 3.63) is 106 Å². The van der Waals surface area contributed by atoms with E-state index >= 15 is 0 Å². The Hall–Kier alpha value is -4.91. The molecule has 0 radical (unpaired) electrons. The number of benzene rings is 4. The third-order valence-corrected chi connectivity index (χ3v) is 8.29. The third kappa shape index (κ3) is 7.79. The van der Waals surface area contributed by atoms with Crippen LogP contribution in [0.1, 0.15) is 20.7 Å². The molecule has 0 heterocycles. The van der Waals surface area contributed by atoms with E-state index < -0.39 is 26.6 Å². The highest BCUT2D eigenvalue weighted by molar-refractivity contribution is 7.90. The van der Waals surface area contributed by atoms with Gasteiger partial charge in [-0.3, -0.25) is 28.7 Å². The molecule has 0 saturated carbocycles. The molecule has 11 nitrogen and oxygen atoms in total. The van der Waals surface area contributed by atoms with Gasteiger partial charge in [-0.25, -0.2) is 8.42 Å². The highest BCUT2D eigenvalue weighted by Crippen LogP contribution is 2.33. The SMILES string of the molecule is C[N+](C)(C)c1ccc(NC(=O)c2ccc(-c3ccc(C(=O)Nc4ccc([N+](C)(C)C)c([N+](=O)[O-])c4)cc3)c(S(C)(=O)=O)c2)cc1. The van der Waals surface area contributed by atoms with Crippen LogP contribution < -0.4 is 19.6 Å². The summed E-state index contributed by atoms with van der Waals surface area (Å²) in [5.74, 6) is -0.940. The highest BCUT2D eigenvalue weighted by Gasteiger charge is 2.26. The smallest absolute Gasteiger partial charge is 0.322 e. The Balaban J connectivity index is 1.56. The fourth-order valence-electron chi connectivity index (χ4n) is 4.72. The number of hydrogen-bond acceptors (Lipinski definition) is 6. The summed E-state index contributed by atoms with van der Waals surface area (Å²) in [6.45, 7) is 0. The van der Waals surface area contributed by atoms with Crippen LogP contribution in [0.5, 0.6) is 0 Å². The molecule has 45 heavy (non-hydrogen) atoms. The Bertz CT molecular complexity index is 1890. The molecular formula is C33H37N5O6S+2. The Morgan fingerprint density at radius 1 is 0.689 bits per heavy atom. The molecular weight excluding hydrogens is 594 g/mol. The maximum Gasteiger partial charge on any atom is 0.331 e. The molecule has 0 unspecified atom stereocenters. The summed E-state index contributed by atoms with van der Waals surface area (Å²) in [5.41, 5.74) is 3.62. The van der Waals surface area contributed by atoms with Gasteiger partial charge in [0.05, 0.1) is 52.1 Å². The lowest BCUT2D eigenvalue weighted by Gasteiger charge is -2.23. The van der Waals surface area contributed by atoms with E-state index in [-0.39, 0.29) is 31.9 Å². The minimum Gasteiger partial charge on any atom is -0.322 e. The minimum absolute atomic E-state index is 0.0302. The number of quaternary nitrogens is 2. The standard InChI is InChI=1S/C33H35N5O6S/c1-37(2,3)27-16-13-25(14-17-27)34-33(40)24-12-18-28(31(20-24)45(7,43)44)22-8-10-23(11-9-22)32(39)35-26-15-19-30(38(4,5)6)29(21-26)36(41)42/h8-21H,1-7H3/p+2. The average Bonchev–Trinajstić information content (AvgIpc) is 2.95. The van der Waals surface area contributed by atoms with Gasteiger partial charge in [-0.05, 0) is 48.0 Å². The van der Waals surface area contributed by atoms with E-state index in [0.717, 1.165) is 11.9 Å². The molecule has 2 amide bonds. The first-order chi connectivity index (χ1) is 20.8. The number of rotatable bonds is 9. The summed E-state index contributed by atoms with van der Waals surface area (Å²) in [4.78, 5) is 37.1. The van der Waals surface area contributed by atoms with E-state index in [1.54, 1.807) is 48.5 Å². The predicted molar refractivity (Wildman–Crippen MR) is 180 cm³/mol. The van der Waals surface area contributed by atoms with Gasteiger partial charge >= 0.3 is 5.69 Å². The fourth-order valence-corrected chi connectivity index (χ4v) is 5.65. The number of anilines is 2. The van der Waals surface area contributed by atoms with Crippen molar-refractivity contribution in [2.24, 2.45) is 0 Å². The number of nitrogens with zero attached hydrogens (tertiary/aromatic N) is 3. The van der Waals surface area contributed by atoms with Gasteiger partial charge in [0.2, 0.25) is 5.69 Å². The predicted octanol–water partition coefficient (Wildman–Crippen LogP) is 5.56. The first-order valence-electron chi connectivity index (χ1n) is 13.9. The summed E-state index contributed by atoms with van der Waals surface area (Å²) in [6.07, 6.45) is 1.07. The Morgan fingerprint density at radius 2 is 1.22 bits per heavy atom. The summed E-state index contributed by atoms with van der Waals surface area (Å²) in [6, 6.07) is 22.7. The molecule has 234 valence electrons. The Kier molecular flexibility index (Phi) is 8.97. The molecule has 12 heteroatoms. The Labute approximate surface area is 263 Å². The molecule has 0 saturated heterocycles. The maximum atomic E-state index is 13.0. The number of hydrogen-bond donors (Lipinski definition) is 2. The largest absolute Gasteiger partial charge is 0.331 e. The summed E-state index contributed by atoms with van der Waals surface area (Å²) >= 11 is 0. The van der Waals surface area contributed by atoms with Gasteiger partial charge < -0.3 is 10.6 Å². The number of carbonyl (C=O) groups is 2. The zero-order valence-electron chi connectivity index (χ0n) is 26.3. The van der Waals surface area contributed by atoms with E-state index in [9.17, 15) is 28.1 Å². The van der Waals surface area contributed by atoms with E-state index in [4.69, 9.17) is 0 Å². The van der Waals surface area contributed by atoms with Crippen LogP contribution in [0.2, 0.25) is 0 Å². The minimum atomic E-state index is -3.74. The van der Waals surface area contributed by atoms with E-state index in [1.165, 1.54) is 24.3 Å². The lowest BCUT2D eigenvalue weighted by Crippen LogP contribution is -2.35. The zero-order chi connectivity index (χ0) is 33.3. The van der Waals surface area contributed by atoms with Gasteiger partial charge in [0.1, 0.15) is 5.69 Å². The highest BCUT2D eigenvalue weighted by atomic mass is 32.2. The van der Waals surface area contributed by atoms with Crippen LogP contribution in [0, 0.1) is 10.1 Å². The van der Waals surface area contributed by atoms with Crippen molar-refractivity contribution in [2.45, 2.75) is 4.90 Å². The average molecular weight is 632 g/mol. The van der Waals surface area contributed by atoms with Crippen molar-refractivity contribution in [1.82, 2.24) is 8.97 Å². The number of sulfone groups is 1. The van der Waals surface area contributed by atoms with Crippen molar-refractivity contribution in [3.8, 4) is 11.1 Å². The zero-order valence-corrected chi connectivity index (χ0v) is 27.1. The molecule has 0 aliphatic carbocycles. The van der Waals surface area contributed by atoms with Gasteiger partial charge in [-0.2, -0.15) is 0 Å². The molecule has 0 atom stereocenters. The summed E-state index contributed by atoms with van der Waals surface area (Å²) in [5, 5.41) is 17.1. The van der Waals surface area contributed by atoms with Crippen LogP contribution in [0.15, 0.2) is 89.8 Å².